The van der Waals surface area contributed by atoms with Crippen molar-refractivity contribution in [3.05, 3.63) is 69.6 Å². The van der Waals surface area contributed by atoms with E-state index in [0.717, 1.165) is 22.4 Å². The van der Waals surface area contributed by atoms with Crippen molar-refractivity contribution >= 4 is 22.5 Å². The van der Waals surface area contributed by atoms with Crippen LogP contribution in [-0.2, 0) is 6.54 Å². The molecule has 0 aliphatic rings. The minimum absolute atomic E-state index is 0.0706. The van der Waals surface area contributed by atoms with Crippen molar-refractivity contribution in [1.82, 2.24) is 19.2 Å². The molecule has 25 heavy (non-hydrogen) atoms. The molecule has 6 nitrogen and oxygen atoms in total. The Bertz CT molecular complexity index is 1180. The first kappa shape index (κ1) is 15.3. The highest BCUT2D eigenvalue weighted by Crippen LogP contribution is 2.19. The molecule has 0 fully saturated rings. The van der Waals surface area contributed by atoms with Gasteiger partial charge in [0.1, 0.15) is 11.6 Å². The molecule has 0 saturated heterocycles. The fourth-order valence-electron chi connectivity index (χ4n) is 2.81. The summed E-state index contributed by atoms with van der Waals surface area (Å²) >= 11 is 0. The van der Waals surface area contributed by atoms with E-state index < -0.39 is 17.3 Å². The van der Waals surface area contributed by atoms with Crippen LogP contribution in [0.4, 0.5) is 14.6 Å². The molecule has 0 atom stereocenters. The van der Waals surface area contributed by atoms with Gasteiger partial charge in [0.15, 0.2) is 5.82 Å². The van der Waals surface area contributed by atoms with Gasteiger partial charge >= 0.3 is 5.69 Å². The Morgan fingerprint density at radius 2 is 1.88 bits per heavy atom. The number of nitrogens with two attached hydrogens (primary N) is 1. The molecule has 0 aliphatic heterocycles. The third-order valence-corrected chi connectivity index (χ3v) is 4.05. The van der Waals surface area contributed by atoms with E-state index in [0.29, 0.717) is 11.0 Å². The van der Waals surface area contributed by atoms with Crippen molar-refractivity contribution in [2.75, 3.05) is 5.73 Å². The van der Waals surface area contributed by atoms with Gasteiger partial charge in [0.25, 0.3) is 0 Å². The van der Waals surface area contributed by atoms with Crippen LogP contribution in [0, 0.1) is 18.6 Å². The molecule has 4 rings (SSSR count). The molecular formula is C17H13F2N5O. The first-order chi connectivity index (χ1) is 12.0. The minimum atomic E-state index is -0.740. The monoisotopic (exact) mass is 341 g/mol. The molecule has 2 N–H and O–H groups in total. The third kappa shape index (κ3) is 2.34. The van der Waals surface area contributed by atoms with Crippen molar-refractivity contribution in [1.29, 1.82) is 0 Å². The zero-order valence-corrected chi connectivity index (χ0v) is 13.2. The van der Waals surface area contributed by atoms with Crippen LogP contribution in [0.1, 0.15) is 11.1 Å². The van der Waals surface area contributed by atoms with Crippen molar-refractivity contribution in [2.24, 2.45) is 0 Å². The lowest BCUT2D eigenvalue weighted by Crippen LogP contribution is -2.23. The van der Waals surface area contributed by atoms with Crippen LogP contribution in [0.2, 0.25) is 0 Å². The van der Waals surface area contributed by atoms with Crippen LogP contribution in [0.5, 0.6) is 0 Å². The van der Waals surface area contributed by atoms with E-state index in [2.05, 4.69) is 10.1 Å². The van der Waals surface area contributed by atoms with Crippen LogP contribution < -0.4 is 11.4 Å². The summed E-state index contributed by atoms with van der Waals surface area (Å²) in [5.74, 6) is -1.41. The summed E-state index contributed by atoms with van der Waals surface area (Å²) in [6, 6.07) is 8.91. The smallest absolute Gasteiger partial charge is 0.351 e. The molecule has 2 aromatic carbocycles. The van der Waals surface area contributed by atoms with Crippen LogP contribution >= 0.6 is 0 Å². The zero-order chi connectivity index (χ0) is 17.7. The van der Waals surface area contributed by atoms with Gasteiger partial charge in [-0.05, 0) is 36.8 Å². The van der Waals surface area contributed by atoms with Gasteiger partial charge in [-0.3, -0.25) is 0 Å². The van der Waals surface area contributed by atoms with Crippen LogP contribution in [0.15, 0.2) is 41.2 Å². The Labute approximate surface area is 140 Å². The fourth-order valence-corrected chi connectivity index (χ4v) is 2.81. The standard InChI is InChI=1S/C17H13F2N5O/c1-9-5-6-13-14(7-9)24-16(15(20)21-13)22-23(17(24)25)8-10-11(18)3-2-4-12(10)19/h2-7H,8H2,1H3,(H2,20,21). The van der Waals surface area contributed by atoms with E-state index in [1.54, 1.807) is 12.1 Å². The van der Waals surface area contributed by atoms with E-state index in [1.165, 1.54) is 10.5 Å². The van der Waals surface area contributed by atoms with E-state index in [9.17, 15) is 13.6 Å². The molecule has 4 aromatic rings. The first-order valence-corrected chi connectivity index (χ1v) is 7.54. The number of fused-ring (bicyclic) bond motifs is 3. The fraction of sp³-hybridized carbons (Fsp3) is 0.118. The highest BCUT2D eigenvalue weighted by Gasteiger charge is 2.17. The second kappa shape index (κ2) is 5.37. The number of aromatic nitrogens is 4. The zero-order valence-electron chi connectivity index (χ0n) is 13.2. The highest BCUT2D eigenvalue weighted by atomic mass is 19.1. The number of anilines is 1. The van der Waals surface area contributed by atoms with E-state index >= 15 is 0 Å². The van der Waals surface area contributed by atoms with E-state index in [1.807, 2.05) is 13.0 Å². The summed E-state index contributed by atoms with van der Waals surface area (Å²) in [4.78, 5) is 17.0. The summed E-state index contributed by atoms with van der Waals surface area (Å²) < 4.78 is 30.1. The van der Waals surface area contributed by atoms with Crippen LogP contribution in [0.25, 0.3) is 16.7 Å². The Kier molecular flexibility index (Phi) is 3.28. The maximum Gasteiger partial charge on any atom is 0.351 e. The molecule has 8 heteroatoms. The Hall–Kier alpha value is -3.29. The van der Waals surface area contributed by atoms with Crippen molar-refractivity contribution in [3.8, 4) is 0 Å². The Morgan fingerprint density at radius 3 is 2.60 bits per heavy atom. The predicted octanol–water partition coefficient (Wildman–Crippen LogP) is 2.26. The largest absolute Gasteiger partial charge is 0.381 e. The number of nitrogens with zero attached hydrogens (tertiary/aromatic N) is 4. The third-order valence-electron chi connectivity index (χ3n) is 4.05. The second-order valence-electron chi connectivity index (χ2n) is 5.79. The summed E-state index contributed by atoms with van der Waals surface area (Å²) in [6.45, 7) is 1.54. The molecule has 126 valence electrons. The van der Waals surface area contributed by atoms with Gasteiger partial charge in [0.05, 0.1) is 17.6 Å². The number of benzene rings is 2. The number of rotatable bonds is 2. The average molecular weight is 341 g/mol. The average Bonchev–Trinajstić information content (AvgIpc) is 2.90. The topological polar surface area (TPSA) is 78.2 Å². The van der Waals surface area contributed by atoms with Gasteiger partial charge in [0, 0.05) is 5.56 Å². The SMILES string of the molecule is Cc1ccc2nc(N)c3nn(Cc4c(F)cccc4F)c(=O)n3c2c1. The predicted molar refractivity (Wildman–Crippen MR) is 89.4 cm³/mol. The van der Waals surface area contributed by atoms with Gasteiger partial charge in [-0.2, -0.15) is 0 Å². The Morgan fingerprint density at radius 1 is 1.16 bits per heavy atom. The number of hydrogen-bond donors (Lipinski definition) is 1. The summed E-state index contributed by atoms with van der Waals surface area (Å²) in [6.07, 6.45) is 0. The van der Waals surface area contributed by atoms with Crippen LogP contribution in [0.3, 0.4) is 0 Å². The summed E-state index contributed by atoms with van der Waals surface area (Å²) in [5, 5.41) is 4.12. The Balaban J connectivity index is 1.99. The summed E-state index contributed by atoms with van der Waals surface area (Å²) in [5.41, 5.74) is 7.28. The van der Waals surface area contributed by atoms with Crippen LogP contribution in [-0.4, -0.2) is 19.2 Å². The molecule has 0 aliphatic carbocycles. The number of halogens is 2. The molecule has 0 amide bonds. The molecule has 0 spiro atoms. The van der Waals surface area contributed by atoms with Gasteiger partial charge in [-0.1, -0.05) is 12.1 Å². The van der Waals surface area contributed by atoms with Crippen molar-refractivity contribution in [3.63, 3.8) is 0 Å². The minimum Gasteiger partial charge on any atom is -0.381 e. The van der Waals surface area contributed by atoms with Crippen molar-refractivity contribution < 1.29 is 8.78 Å². The number of aryl methyl sites for hydroxylation is 1. The first-order valence-electron chi connectivity index (χ1n) is 7.54. The normalized spacial score (nSPS) is 11.5. The lowest BCUT2D eigenvalue weighted by atomic mass is 10.2. The van der Waals surface area contributed by atoms with E-state index in [4.69, 9.17) is 5.73 Å². The molecular weight excluding hydrogens is 328 g/mol. The highest BCUT2D eigenvalue weighted by molar-refractivity contribution is 5.82. The van der Waals surface area contributed by atoms with Crippen molar-refractivity contribution in [2.45, 2.75) is 13.5 Å². The number of hydrogen-bond acceptors (Lipinski definition) is 4. The lowest BCUT2D eigenvalue weighted by molar-refractivity contribution is 0.528. The maximum atomic E-state index is 13.9. The molecule has 0 bridgehead atoms. The summed E-state index contributed by atoms with van der Waals surface area (Å²) in [7, 11) is 0. The molecule has 0 saturated carbocycles. The van der Waals surface area contributed by atoms with Gasteiger partial charge < -0.3 is 5.73 Å². The number of nitrogen functional groups attached to an aromatic ring is 1. The van der Waals surface area contributed by atoms with Gasteiger partial charge in [-0.25, -0.2) is 27.6 Å². The molecule has 2 heterocycles. The second-order valence-corrected chi connectivity index (χ2v) is 5.79. The maximum absolute atomic E-state index is 13.9. The lowest BCUT2D eigenvalue weighted by Gasteiger charge is -2.03. The van der Waals surface area contributed by atoms with E-state index in [-0.39, 0.29) is 23.6 Å². The quantitative estimate of drug-likeness (QED) is 0.607. The molecule has 2 aromatic heterocycles. The van der Waals surface area contributed by atoms with Gasteiger partial charge in [0.2, 0.25) is 5.65 Å². The molecule has 0 radical (unpaired) electrons. The molecule has 0 unspecified atom stereocenters. The van der Waals surface area contributed by atoms with Gasteiger partial charge in [-0.15, -0.1) is 5.10 Å².